The van der Waals surface area contributed by atoms with E-state index in [0.29, 0.717) is 52.4 Å². The molecule has 1 fully saturated rings. The van der Waals surface area contributed by atoms with E-state index in [2.05, 4.69) is 39.5 Å². The lowest BCUT2D eigenvalue weighted by Gasteiger charge is -2.29. The smallest absolute Gasteiger partial charge is 0.0794 e. The van der Waals surface area contributed by atoms with Crippen LogP contribution in [0, 0.1) is 0 Å². The van der Waals surface area contributed by atoms with Crippen molar-refractivity contribution in [2.45, 2.75) is 44.8 Å². The van der Waals surface area contributed by atoms with Crippen molar-refractivity contribution in [1.29, 1.82) is 0 Å². The van der Waals surface area contributed by atoms with E-state index in [1.807, 2.05) is 97.6 Å². The SMILES string of the molecule is OC(CN1CCCN(CC(O)CN(Cc2ccccn2)Cc2ccccn2)CC1)CN(Cc1ccccn1)Cc1ccccn1. The van der Waals surface area contributed by atoms with Crippen molar-refractivity contribution in [3.8, 4) is 0 Å². The molecule has 4 aromatic heterocycles. The van der Waals surface area contributed by atoms with Crippen molar-refractivity contribution < 1.29 is 10.2 Å². The van der Waals surface area contributed by atoms with Crippen LogP contribution in [0.15, 0.2) is 97.6 Å². The lowest BCUT2D eigenvalue weighted by atomic mass is 10.2. The normalized spacial score (nSPS) is 16.1. The van der Waals surface area contributed by atoms with Gasteiger partial charge >= 0.3 is 0 Å². The number of pyridine rings is 4. The van der Waals surface area contributed by atoms with Gasteiger partial charge in [0.25, 0.3) is 0 Å². The van der Waals surface area contributed by atoms with Crippen molar-refractivity contribution in [1.82, 2.24) is 39.5 Å². The first-order valence-electron chi connectivity index (χ1n) is 15.9. The summed E-state index contributed by atoms with van der Waals surface area (Å²) in [6.07, 6.45) is 7.23. The molecule has 10 heteroatoms. The van der Waals surface area contributed by atoms with Crippen LogP contribution in [-0.4, -0.2) is 114 Å². The van der Waals surface area contributed by atoms with E-state index >= 15 is 0 Å². The van der Waals surface area contributed by atoms with Gasteiger partial charge in [0.15, 0.2) is 0 Å². The Labute approximate surface area is 267 Å². The van der Waals surface area contributed by atoms with Gasteiger partial charge in [0.05, 0.1) is 35.0 Å². The van der Waals surface area contributed by atoms with Gasteiger partial charge in [-0.15, -0.1) is 0 Å². The molecule has 0 aromatic carbocycles. The summed E-state index contributed by atoms with van der Waals surface area (Å²) < 4.78 is 0. The molecule has 2 atom stereocenters. The summed E-state index contributed by atoms with van der Waals surface area (Å²) in [6.45, 7) is 8.46. The van der Waals surface area contributed by atoms with Gasteiger partial charge in [0.1, 0.15) is 0 Å². The van der Waals surface area contributed by atoms with E-state index in [4.69, 9.17) is 0 Å². The van der Waals surface area contributed by atoms with E-state index in [1.165, 1.54) is 0 Å². The zero-order chi connectivity index (χ0) is 31.1. The highest BCUT2D eigenvalue weighted by molar-refractivity contribution is 5.08. The topological polar surface area (TPSA) is 105 Å². The Kier molecular flexibility index (Phi) is 12.9. The molecule has 5 heterocycles. The van der Waals surface area contributed by atoms with Crippen LogP contribution >= 0.6 is 0 Å². The summed E-state index contributed by atoms with van der Waals surface area (Å²) in [4.78, 5) is 27.1. The van der Waals surface area contributed by atoms with Crippen molar-refractivity contribution >= 4 is 0 Å². The zero-order valence-electron chi connectivity index (χ0n) is 26.1. The van der Waals surface area contributed by atoms with Crippen LogP contribution in [-0.2, 0) is 26.2 Å². The van der Waals surface area contributed by atoms with Gasteiger partial charge < -0.3 is 10.2 Å². The third-order valence-corrected chi connectivity index (χ3v) is 8.00. The maximum atomic E-state index is 11.2. The molecule has 45 heavy (non-hydrogen) atoms. The van der Waals surface area contributed by atoms with E-state index in [1.54, 1.807) is 0 Å². The molecular formula is C35H46N8O2. The summed E-state index contributed by atoms with van der Waals surface area (Å²) in [5.74, 6) is 0. The Morgan fingerprint density at radius 3 is 1.13 bits per heavy atom. The van der Waals surface area contributed by atoms with Crippen LogP contribution in [0.1, 0.15) is 29.2 Å². The number of hydrogen-bond donors (Lipinski definition) is 2. The maximum Gasteiger partial charge on any atom is 0.0794 e. The van der Waals surface area contributed by atoms with E-state index in [0.717, 1.165) is 55.4 Å². The first-order chi connectivity index (χ1) is 22.1. The Morgan fingerprint density at radius 2 is 0.844 bits per heavy atom. The lowest BCUT2D eigenvalue weighted by Crippen LogP contribution is -2.43. The predicted molar refractivity (Wildman–Crippen MR) is 175 cm³/mol. The van der Waals surface area contributed by atoms with Gasteiger partial charge in [0, 0.05) is 90.2 Å². The monoisotopic (exact) mass is 610 g/mol. The molecule has 2 unspecified atom stereocenters. The molecule has 1 aliphatic heterocycles. The third kappa shape index (κ3) is 11.7. The van der Waals surface area contributed by atoms with Gasteiger partial charge in [0.2, 0.25) is 0 Å². The largest absolute Gasteiger partial charge is 0.390 e. The second-order valence-electron chi connectivity index (χ2n) is 11.9. The van der Waals surface area contributed by atoms with Gasteiger partial charge in [-0.1, -0.05) is 24.3 Å². The molecule has 0 aliphatic carbocycles. The number of rotatable bonds is 16. The summed E-state index contributed by atoms with van der Waals surface area (Å²) in [5.41, 5.74) is 3.90. The Hall–Kier alpha value is -3.64. The highest BCUT2D eigenvalue weighted by Gasteiger charge is 2.22. The Morgan fingerprint density at radius 1 is 0.511 bits per heavy atom. The van der Waals surface area contributed by atoms with Crippen LogP contribution in [0.25, 0.3) is 0 Å². The molecule has 2 N–H and O–H groups in total. The van der Waals surface area contributed by atoms with E-state index in [-0.39, 0.29) is 0 Å². The molecule has 1 saturated heterocycles. The highest BCUT2D eigenvalue weighted by Crippen LogP contribution is 2.12. The van der Waals surface area contributed by atoms with Crippen molar-refractivity contribution in [2.24, 2.45) is 0 Å². The fourth-order valence-electron chi connectivity index (χ4n) is 5.95. The second kappa shape index (κ2) is 17.7. The van der Waals surface area contributed by atoms with Crippen molar-refractivity contribution in [3.63, 3.8) is 0 Å². The van der Waals surface area contributed by atoms with Crippen LogP contribution < -0.4 is 0 Å². The highest BCUT2D eigenvalue weighted by atomic mass is 16.3. The van der Waals surface area contributed by atoms with Crippen LogP contribution in [0.4, 0.5) is 0 Å². The Bertz CT molecular complexity index is 1170. The minimum atomic E-state index is -0.499. The summed E-state index contributed by atoms with van der Waals surface area (Å²) >= 11 is 0. The van der Waals surface area contributed by atoms with Crippen LogP contribution in [0.2, 0.25) is 0 Å². The fourth-order valence-corrected chi connectivity index (χ4v) is 5.95. The molecule has 0 bridgehead atoms. The molecule has 0 spiro atoms. The van der Waals surface area contributed by atoms with E-state index < -0.39 is 12.2 Å². The molecule has 1 aliphatic rings. The average molecular weight is 611 g/mol. The molecule has 0 amide bonds. The van der Waals surface area contributed by atoms with Crippen molar-refractivity contribution in [2.75, 3.05) is 52.4 Å². The minimum absolute atomic E-state index is 0.499. The molecule has 0 radical (unpaired) electrons. The summed E-state index contributed by atoms with van der Waals surface area (Å²) in [7, 11) is 0. The maximum absolute atomic E-state index is 11.2. The van der Waals surface area contributed by atoms with Gasteiger partial charge in [-0.2, -0.15) is 0 Å². The van der Waals surface area contributed by atoms with Crippen molar-refractivity contribution in [3.05, 3.63) is 120 Å². The number of aliphatic hydroxyl groups excluding tert-OH is 2. The first kappa shape index (κ1) is 32.7. The zero-order valence-corrected chi connectivity index (χ0v) is 26.1. The summed E-state index contributed by atoms with van der Waals surface area (Å²) in [6, 6.07) is 23.7. The quantitative estimate of drug-likeness (QED) is 0.197. The molecule has 0 saturated carbocycles. The third-order valence-electron chi connectivity index (χ3n) is 8.00. The standard InChI is InChI=1S/C35H46N8O2/c44-34(28-42(22-30-10-1-5-14-36-30)23-31-11-2-6-15-37-31)26-40-18-9-19-41(21-20-40)27-35(45)29-43(24-32-12-3-7-16-38-32)25-33-13-4-8-17-39-33/h1-8,10-17,34-35,44-45H,9,18-29H2. The minimum Gasteiger partial charge on any atom is -0.390 e. The Balaban J connectivity index is 1.10. The predicted octanol–water partition coefficient (Wildman–Crippen LogP) is 2.70. The fraction of sp³-hybridized carbons (Fsp3) is 0.429. The molecule has 4 aromatic rings. The summed E-state index contributed by atoms with van der Waals surface area (Å²) in [5, 5.41) is 22.4. The molecule has 5 rings (SSSR count). The average Bonchev–Trinajstić information content (AvgIpc) is 3.27. The van der Waals surface area contributed by atoms with Crippen LogP contribution in [0.5, 0.6) is 0 Å². The second-order valence-corrected chi connectivity index (χ2v) is 11.9. The molecule has 238 valence electrons. The van der Waals surface area contributed by atoms with Gasteiger partial charge in [-0.25, -0.2) is 0 Å². The number of hydrogen-bond acceptors (Lipinski definition) is 10. The number of β-amino-alcohol motifs (C(OH)–C–C–N with tert-alkyl or cyclic N) is 2. The number of aromatic nitrogens is 4. The van der Waals surface area contributed by atoms with E-state index in [9.17, 15) is 10.2 Å². The molecule has 10 nitrogen and oxygen atoms in total. The number of aliphatic hydroxyl groups is 2. The lowest BCUT2D eigenvalue weighted by molar-refractivity contribution is 0.0611. The first-order valence-corrected chi connectivity index (χ1v) is 15.9. The van der Waals surface area contributed by atoms with Gasteiger partial charge in [-0.05, 0) is 68.0 Å². The van der Waals surface area contributed by atoms with Gasteiger partial charge in [-0.3, -0.25) is 39.5 Å². The number of nitrogens with zero attached hydrogens (tertiary/aromatic N) is 8. The molecular weight excluding hydrogens is 564 g/mol. The van der Waals surface area contributed by atoms with Crippen LogP contribution in [0.3, 0.4) is 0 Å².